The lowest BCUT2D eigenvalue weighted by Crippen LogP contribution is -2.47. The fourth-order valence-corrected chi connectivity index (χ4v) is 3.63. The number of guanidine groups is 1. The van der Waals surface area contributed by atoms with Crippen molar-refractivity contribution in [2.24, 2.45) is 34.2 Å². The zero-order valence-electron chi connectivity index (χ0n) is 13.9. The van der Waals surface area contributed by atoms with E-state index in [1.165, 1.54) is 6.92 Å². The molecule has 0 bridgehead atoms. The van der Waals surface area contributed by atoms with Crippen LogP contribution in [0.3, 0.4) is 0 Å². The number of rotatable bonds is 7. The fourth-order valence-electron chi connectivity index (χ4n) is 3.63. The molecule has 132 valence electrons. The Bertz CT molecular complexity index is 460. The Morgan fingerprint density at radius 1 is 1.30 bits per heavy atom. The molecule has 0 aromatic heterocycles. The van der Waals surface area contributed by atoms with Crippen LogP contribution in [0.5, 0.6) is 0 Å². The lowest BCUT2D eigenvalue weighted by Gasteiger charge is -2.33. The number of aliphatic imine (C=N–C) groups is 1. The number of carboxylic acid groups (broad SMARTS) is 1. The van der Waals surface area contributed by atoms with Gasteiger partial charge in [0.05, 0.1) is 18.1 Å². The molecule has 0 aromatic carbocycles. The van der Waals surface area contributed by atoms with E-state index in [4.69, 9.17) is 11.5 Å². The molecule has 7 N–H and O–H groups in total. The van der Waals surface area contributed by atoms with Gasteiger partial charge in [0.2, 0.25) is 5.91 Å². The van der Waals surface area contributed by atoms with Gasteiger partial charge in [-0.05, 0) is 12.3 Å². The highest BCUT2D eigenvalue weighted by atomic mass is 16.4. The molecule has 8 nitrogen and oxygen atoms in total. The van der Waals surface area contributed by atoms with Crippen molar-refractivity contribution < 1.29 is 19.8 Å². The molecule has 0 saturated heterocycles. The van der Waals surface area contributed by atoms with Crippen LogP contribution in [0.4, 0.5) is 0 Å². The number of carbonyl (C=O) groups is 2. The van der Waals surface area contributed by atoms with E-state index in [1.54, 1.807) is 0 Å². The highest BCUT2D eigenvalue weighted by Gasteiger charge is 2.50. The minimum atomic E-state index is -1.11. The average molecular weight is 328 g/mol. The average Bonchev–Trinajstić information content (AvgIpc) is 2.74. The van der Waals surface area contributed by atoms with Gasteiger partial charge in [0.1, 0.15) is 0 Å². The zero-order valence-corrected chi connectivity index (χ0v) is 13.9. The van der Waals surface area contributed by atoms with Gasteiger partial charge < -0.3 is 27.0 Å². The predicted molar refractivity (Wildman–Crippen MR) is 86.5 cm³/mol. The zero-order chi connectivity index (χ0) is 17.7. The van der Waals surface area contributed by atoms with Crippen molar-refractivity contribution in [2.75, 3.05) is 0 Å². The van der Waals surface area contributed by atoms with Gasteiger partial charge in [-0.1, -0.05) is 26.7 Å². The first-order chi connectivity index (χ1) is 10.7. The van der Waals surface area contributed by atoms with Crippen LogP contribution in [0, 0.1) is 17.8 Å². The monoisotopic (exact) mass is 328 g/mol. The summed E-state index contributed by atoms with van der Waals surface area (Å²) in [5.74, 6) is -2.85. The van der Waals surface area contributed by atoms with Crippen molar-refractivity contribution in [2.45, 2.75) is 58.2 Å². The lowest BCUT2D eigenvalue weighted by atomic mass is 9.81. The van der Waals surface area contributed by atoms with Crippen LogP contribution in [0.15, 0.2) is 4.99 Å². The summed E-state index contributed by atoms with van der Waals surface area (Å²) in [4.78, 5) is 27.1. The molecule has 1 aliphatic rings. The summed E-state index contributed by atoms with van der Waals surface area (Å²) in [6, 6.07) is -0.913. The Labute approximate surface area is 136 Å². The summed E-state index contributed by atoms with van der Waals surface area (Å²) >= 11 is 0. The molecule has 1 rings (SSSR count). The van der Waals surface area contributed by atoms with Gasteiger partial charge in [-0.25, -0.2) is 4.99 Å². The number of hydrogen-bond acceptors (Lipinski definition) is 4. The van der Waals surface area contributed by atoms with Crippen LogP contribution in [0.1, 0.15) is 40.0 Å². The molecule has 1 amide bonds. The molecule has 1 saturated carbocycles. The fraction of sp³-hybridized carbons (Fsp3) is 0.800. The molecule has 0 heterocycles. The number of nitrogens with zero attached hydrogens (tertiary/aromatic N) is 1. The van der Waals surface area contributed by atoms with Gasteiger partial charge in [-0.15, -0.1) is 0 Å². The van der Waals surface area contributed by atoms with Crippen molar-refractivity contribution >= 4 is 17.8 Å². The topological polar surface area (TPSA) is 151 Å². The number of aliphatic hydroxyl groups is 1. The normalized spacial score (nSPS) is 28.4. The van der Waals surface area contributed by atoms with E-state index in [1.807, 2.05) is 13.8 Å². The summed E-state index contributed by atoms with van der Waals surface area (Å²) in [5.41, 5.74) is 11.1. The smallest absolute Gasteiger partial charge is 0.309 e. The molecule has 23 heavy (non-hydrogen) atoms. The van der Waals surface area contributed by atoms with E-state index in [0.29, 0.717) is 0 Å². The van der Waals surface area contributed by atoms with Crippen LogP contribution >= 0.6 is 0 Å². The third kappa shape index (κ3) is 4.57. The van der Waals surface area contributed by atoms with Crippen molar-refractivity contribution in [3.8, 4) is 0 Å². The Hall–Kier alpha value is -1.83. The van der Waals surface area contributed by atoms with Gasteiger partial charge in [-0.2, -0.15) is 0 Å². The van der Waals surface area contributed by atoms with Gasteiger partial charge >= 0.3 is 5.97 Å². The van der Waals surface area contributed by atoms with E-state index in [0.717, 1.165) is 12.8 Å². The van der Waals surface area contributed by atoms with E-state index >= 15 is 0 Å². The van der Waals surface area contributed by atoms with Crippen molar-refractivity contribution in [1.29, 1.82) is 0 Å². The molecular weight excluding hydrogens is 300 g/mol. The second-order valence-electron chi connectivity index (χ2n) is 6.18. The second kappa shape index (κ2) is 8.14. The molecule has 1 aliphatic carbocycles. The molecule has 1 fully saturated rings. The maximum Gasteiger partial charge on any atom is 0.309 e. The van der Waals surface area contributed by atoms with Crippen LogP contribution in [-0.2, 0) is 9.59 Å². The highest BCUT2D eigenvalue weighted by molar-refractivity contribution is 5.76. The first-order valence-corrected chi connectivity index (χ1v) is 7.99. The quantitative estimate of drug-likeness (QED) is 0.318. The van der Waals surface area contributed by atoms with Crippen molar-refractivity contribution in [1.82, 2.24) is 5.32 Å². The van der Waals surface area contributed by atoms with Crippen LogP contribution in [0.25, 0.3) is 0 Å². The number of aliphatic carboxylic acids is 1. The van der Waals surface area contributed by atoms with Crippen LogP contribution < -0.4 is 16.8 Å². The maximum absolute atomic E-state index is 11.5. The largest absolute Gasteiger partial charge is 0.481 e. The van der Waals surface area contributed by atoms with Gasteiger partial charge in [0, 0.05) is 18.9 Å². The Morgan fingerprint density at radius 3 is 2.26 bits per heavy atom. The number of hydrogen-bond donors (Lipinski definition) is 5. The Balaban J connectivity index is 3.23. The number of nitrogens with two attached hydrogens (primary N) is 2. The van der Waals surface area contributed by atoms with Crippen molar-refractivity contribution in [3.63, 3.8) is 0 Å². The van der Waals surface area contributed by atoms with E-state index in [-0.39, 0.29) is 24.2 Å². The predicted octanol–water partition coefficient (Wildman–Crippen LogP) is -0.349. The summed E-state index contributed by atoms with van der Waals surface area (Å²) < 4.78 is 0. The minimum absolute atomic E-state index is 0.0838. The second-order valence-corrected chi connectivity index (χ2v) is 6.18. The summed E-state index contributed by atoms with van der Waals surface area (Å²) in [5, 5.41) is 22.6. The molecular formula is C15H28N4O4. The Morgan fingerprint density at radius 2 is 1.87 bits per heavy atom. The molecule has 0 unspecified atom stereocenters. The first-order valence-electron chi connectivity index (χ1n) is 7.99. The van der Waals surface area contributed by atoms with Crippen LogP contribution in [0.2, 0.25) is 0 Å². The molecule has 5 atom stereocenters. The van der Waals surface area contributed by atoms with Gasteiger partial charge in [-0.3, -0.25) is 9.59 Å². The molecule has 0 spiro atoms. The number of amides is 1. The number of carbonyl (C=O) groups excluding carboxylic acids is 1. The standard InChI is InChI=1S/C15H28N4O4/c1-4-8(5-2)12(19-15(16)17)11-10(18-7(3)20)6-9(13(11)21)14(22)23/h8-13,21H,4-6H2,1-3H3,(H,18,20)(H,22,23)(H4,16,17,19)/t9-,10+,11+,12-,13+/m0/s1. The molecule has 0 radical (unpaired) electrons. The molecule has 8 heteroatoms. The summed E-state index contributed by atoms with van der Waals surface area (Å²) in [6.45, 7) is 5.35. The van der Waals surface area contributed by atoms with Gasteiger partial charge in [0.15, 0.2) is 5.96 Å². The minimum Gasteiger partial charge on any atom is -0.481 e. The first kappa shape index (κ1) is 19.2. The van der Waals surface area contributed by atoms with Crippen molar-refractivity contribution in [3.05, 3.63) is 0 Å². The number of aliphatic hydroxyl groups excluding tert-OH is 1. The SMILES string of the molecule is CCC(CC)[C@H](N=C(N)N)[C@@H]1[C@H](O)[C@@H](C(=O)O)C[C@H]1NC(C)=O. The molecule has 0 aromatic rings. The third-order valence-corrected chi connectivity index (χ3v) is 4.71. The lowest BCUT2D eigenvalue weighted by molar-refractivity contribution is -0.145. The maximum atomic E-state index is 11.5. The van der Waals surface area contributed by atoms with E-state index in [2.05, 4.69) is 10.3 Å². The molecule has 0 aliphatic heterocycles. The number of carboxylic acids is 1. The Kier molecular flexibility index (Phi) is 6.80. The summed E-state index contributed by atoms with van der Waals surface area (Å²) in [6.07, 6.45) is 0.618. The van der Waals surface area contributed by atoms with Gasteiger partial charge in [0.25, 0.3) is 0 Å². The van der Waals surface area contributed by atoms with E-state index in [9.17, 15) is 19.8 Å². The van der Waals surface area contributed by atoms with Crippen LogP contribution in [-0.4, -0.2) is 46.2 Å². The van der Waals surface area contributed by atoms with E-state index < -0.39 is 36.0 Å². The third-order valence-electron chi connectivity index (χ3n) is 4.71. The highest BCUT2D eigenvalue weighted by Crippen LogP contribution is 2.39. The number of nitrogens with one attached hydrogen (secondary N) is 1. The summed E-state index contributed by atoms with van der Waals surface area (Å²) in [7, 11) is 0.